The van der Waals surface area contributed by atoms with Crippen molar-refractivity contribution in [2.45, 2.75) is 43.7 Å². The van der Waals surface area contributed by atoms with E-state index in [1.807, 2.05) is 6.92 Å². The second-order valence-electron chi connectivity index (χ2n) is 5.13. The Kier molecular flexibility index (Phi) is 4.91. The highest BCUT2D eigenvalue weighted by Gasteiger charge is 2.31. The molecule has 0 saturated heterocycles. The van der Waals surface area contributed by atoms with Crippen molar-refractivity contribution in [1.29, 1.82) is 0 Å². The molecule has 116 valence electrons. The zero-order chi connectivity index (χ0) is 15.6. The number of carbonyl (C=O) groups excluding carboxylic acids is 1. The molecule has 0 aromatic heterocycles. The summed E-state index contributed by atoms with van der Waals surface area (Å²) >= 11 is 0. The van der Waals surface area contributed by atoms with E-state index in [1.54, 1.807) is 6.92 Å². The molecule has 1 aliphatic carbocycles. The van der Waals surface area contributed by atoms with Crippen LogP contribution in [0.25, 0.3) is 0 Å². The van der Waals surface area contributed by atoms with E-state index in [1.165, 1.54) is 18.2 Å². The zero-order valence-electron chi connectivity index (χ0n) is 11.9. The summed E-state index contributed by atoms with van der Waals surface area (Å²) in [5, 5.41) is 2.92. The molecule has 1 fully saturated rings. The fraction of sp³-hybridized carbons (Fsp3) is 0.500. The second-order valence-corrected chi connectivity index (χ2v) is 7.70. The standard InChI is InChI=1S/C14H18ClNO4S/c1-3-20-11-7-10(8-11)16-14(17)13-5-4-12(6-9(13)2)21(15,18)19/h4-6,10-11H,3,7-8H2,1-2H3,(H,16,17). The van der Waals surface area contributed by atoms with Gasteiger partial charge in [0.15, 0.2) is 0 Å². The highest BCUT2D eigenvalue weighted by Crippen LogP contribution is 2.24. The minimum atomic E-state index is -3.77. The number of amides is 1. The quantitative estimate of drug-likeness (QED) is 0.840. The van der Waals surface area contributed by atoms with Crippen LogP contribution in [0.3, 0.4) is 0 Å². The lowest BCUT2D eigenvalue weighted by Crippen LogP contribution is -2.47. The maximum absolute atomic E-state index is 12.2. The van der Waals surface area contributed by atoms with Crippen molar-refractivity contribution in [3.8, 4) is 0 Å². The first kappa shape index (κ1) is 16.3. The molecule has 5 nitrogen and oxygen atoms in total. The molecule has 1 aromatic rings. The summed E-state index contributed by atoms with van der Waals surface area (Å²) < 4.78 is 27.9. The summed E-state index contributed by atoms with van der Waals surface area (Å²) in [5.41, 5.74) is 1.04. The Labute approximate surface area is 129 Å². The molecule has 1 N–H and O–H groups in total. The van der Waals surface area contributed by atoms with Gasteiger partial charge in [-0.15, -0.1) is 0 Å². The minimum absolute atomic E-state index is 0.00160. The van der Waals surface area contributed by atoms with Crippen LogP contribution in [-0.4, -0.2) is 33.1 Å². The lowest BCUT2D eigenvalue weighted by atomic mass is 9.89. The van der Waals surface area contributed by atoms with E-state index in [4.69, 9.17) is 15.4 Å². The van der Waals surface area contributed by atoms with Gasteiger partial charge in [0.1, 0.15) is 0 Å². The van der Waals surface area contributed by atoms with E-state index in [0.717, 1.165) is 12.8 Å². The molecule has 1 amide bonds. The van der Waals surface area contributed by atoms with Gasteiger partial charge in [0.05, 0.1) is 11.0 Å². The van der Waals surface area contributed by atoms with Gasteiger partial charge in [0.2, 0.25) is 0 Å². The van der Waals surface area contributed by atoms with Gasteiger partial charge in [-0.1, -0.05) is 0 Å². The number of hydrogen-bond acceptors (Lipinski definition) is 4. The SMILES string of the molecule is CCOC1CC(NC(=O)c2ccc(S(=O)(=O)Cl)cc2C)C1. The normalized spacial score (nSPS) is 21.7. The minimum Gasteiger partial charge on any atom is -0.378 e. The Morgan fingerprint density at radius 1 is 1.43 bits per heavy atom. The number of benzene rings is 1. The molecule has 0 aliphatic heterocycles. The summed E-state index contributed by atoms with van der Waals surface area (Å²) in [6.45, 7) is 4.31. The summed E-state index contributed by atoms with van der Waals surface area (Å²) in [5.74, 6) is -0.203. The van der Waals surface area contributed by atoms with Crippen LogP contribution in [0.5, 0.6) is 0 Å². The molecular weight excluding hydrogens is 314 g/mol. The van der Waals surface area contributed by atoms with Gasteiger partial charge >= 0.3 is 0 Å². The van der Waals surface area contributed by atoms with Crippen molar-refractivity contribution in [1.82, 2.24) is 5.32 Å². The first-order valence-electron chi connectivity index (χ1n) is 6.79. The van der Waals surface area contributed by atoms with Crippen molar-refractivity contribution < 1.29 is 17.9 Å². The Morgan fingerprint density at radius 3 is 2.62 bits per heavy atom. The Morgan fingerprint density at radius 2 is 2.10 bits per heavy atom. The van der Waals surface area contributed by atoms with E-state index in [9.17, 15) is 13.2 Å². The molecule has 7 heteroatoms. The van der Waals surface area contributed by atoms with Crippen molar-refractivity contribution in [2.75, 3.05) is 6.61 Å². The van der Waals surface area contributed by atoms with Crippen molar-refractivity contribution in [3.63, 3.8) is 0 Å². The number of hydrogen-bond donors (Lipinski definition) is 1. The van der Waals surface area contributed by atoms with Crippen LogP contribution in [-0.2, 0) is 13.8 Å². The fourth-order valence-corrected chi connectivity index (χ4v) is 3.20. The maximum atomic E-state index is 12.2. The largest absolute Gasteiger partial charge is 0.378 e. The molecule has 1 aromatic carbocycles. The summed E-state index contributed by atoms with van der Waals surface area (Å²) in [6.07, 6.45) is 1.85. The fourth-order valence-electron chi connectivity index (χ4n) is 2.36. The molecule has 0 atom stereocenters. The van der Waals surface area contributed by atoms with Crippen molar-refractivity contribution >= 4 is 25.6 Å². The van der Waals surface area contributed by atoms with Crippen LogP contribution in [0.4, 0.5) is 0 Å². The smallest absolute Gasteiger partial charge is 0.261 e. The number of aryl methyl sites for hydroxylation is 1. The summed E-state index contributed by atoms with van der Waals surface area (Å²) in [7, 11) is 1.51. The predicted octanol–water partition coefficient (Wildman–Crippen LogP) is 2.22. The molecule has 1 saturated carbocycles. The number of ether oxygens (including phenoxy) is 1. The van der Waals surface area contributed by atoms with Gasteiger partial charge in [0, 0.05) is 28.9 Å². The monoisotopic (exact) mass is 331 g/mol. The van der Waals surface area contributed by atoms with Crippen LogP contribution in [0.2, 0.25) is 0 Å². The van der Waals surface area contributed by atoms with Crippen molar-refractivity contribution in [2.24, 2.45) is 0 Å². The molecule has 0 bridgehead atoms. The second kappa shape index (κ2) is 6.34. The molecule has 0 spiro atoms. The van der Waals surface area contributed by atoms with E-state index >= 15 is 0 Å². The first-order chi connectivity index (χ1) is 9.81. The Bertz CT molecular complexity index is 638. The van der Waals surface area contributed by atoms with Gasteiger partial charge in [-0.2, -0.15) is 0 Å². The third-order valence-corrected chi connectivity index (χ3v) is 4.91. The zero-order valence-corrected chi connectivity index (χ0v) is 13.5. The predicted molar refractivity (Wildman–Crippen MR) is 80.1 cm³/mol. The van der Waals surface area contributed by atoms with Gasteiger partial charge in [-0.3, -0.25) is 4.79 Å². The first-order valence-corrected chi connectivity index (χ1v) is 9.10. The topological polar surface area (TPSA) is 72.5 Å². The lowest BCUT2D eigenvalue weighted by molar-refractivity contribution is -0.00863. The molecular formula is C14H18ClNO4S. The van der Waals surface area contributed by atoms with E-state index in [-0.39, 0.29) is 22.9 Å². The molecule has 21 heavy (non-hydrogen) atoms. The molecule has 0 unspecified atom stereocenters. The third kappa shape index (κ3) is 3.96. The van der Waals surface area contributed by atoms with E-state index in [2.05, 4.69) is 5.32 Å². The number of nitrogens with one attached hydrogen (secondary N) is 1. The molecule has 1 aliphatic rings. The number of halogens is 1. The van der Waals surface area contributed by atoms with Crippen LogP contribution >= 0.6 is 10.7 Å². The van der Waals surface area contributed by atoms with Crippen LogP contribution < -0.4 is 5.32 Å². The molecule has 0 radical (unpaired) electrons. The molecule has 0 heterocycles. The van der Waals surface area contributed by atoms with Crippen LogP contribution in [0, 0.1) is 6.92 Å². The van der Waals surface area contributed by atoms with Gasteiger partial charge in [-0.25, -0.2) is 8.42 Å². The van der Waals surface area contributed by atoms with Gasteiger partial charge in [0.25, 0.3) is 15.0 Å². The highest BCUT2D eigenvalue weighted by molar-refractivity contribution is 8.13. The van der Waals surface area contributed by atoms with E-state index in [0.29, 0.717) is 17.7 Å². The van der Waals surface area contributed by atoms with Crippen LogP contribution in [0.15, 0.2) is 23.1 Å². The Hall–Kier alpha value is -1.11. The Balaban J connectivity index is 2.01. The van der Waals surface area contributed by atoms with Crippen molar-refractivity contribution in [3.05, 3.63) is 29.3 Å². The average molecular weight is 332 g/mol. The maximum Gasteiger partial charge on any atom is 0.261 e. The number of carbonyl (C=O) groups is 1. The summed E-state index contributed by atoms with van der Waals surface area (Å²) in [4.78, 5) is 12.2. The lowest BCUT2D eigenvalue weighted by Gasteiger charge is -2.35. The van der Waals surface area contributed by atoms with Crippen LogP contribution in [0.1, 0.15) is 35.7 Å². The van der Waals surface area contributed by atoms with Gasteiger partial charge < -0.3 is 10.1 Å². The summed E-state index contributed by atoms with van der Waals surface area (Å²) in [6, 6.07) is 4.35. The molecule has 2 rings (SSSR count). The number of rotatable bonds is 5. The third-order valence-electron chi connectivity index (χ3n) is 3.56. The highest BCUT2D eigenvalue weighted by atomic mass is 35.7. The van der Waals surface area contributed by atoms with Gasteiger partial charge in [-0.05, 0) is 50.5 Å². The average Bonchev–Trinajstić information content (AvgIpc) is 2.34. The van der Waals surface area contributed by atoms with E-state index < -0.39 is 9.05 Å².